The Kier molecular flexibility index (Phi) is 5.27. The van der Waals surface area contributed by atoms with Gasteiger partial charge in [-0.25, -0.2) is 4.79 Å². The van der Waals surface area contributed by atoms with Crippen LogP contribution in [0, 0.1) is 11.8 Å². The molecule has 7 nitrogen and oxygen atoms in total. The average molecular weight is 456 g/mol. The fourth-order valence-electron chi connectivity index (χ4n) is 3.38. The second kappa shape index (κ2) is 7.87. The molecule has 2 heterocycles. The summed E-state index contributed by atoms with van der Waals surface area (Å²) in [6.07, 6.45) is 7.25. The second-order valence-corrected chi connectivity index (χ2v) is 8.29. The highest BCUT2D eigenvalue weighted by molar-refractivity contribution is 9.10. The third-order valence-corrected chi connectivity index (χ3v) is 5.25. The third-order valence-electron chi connectivity index (χ3n) is 4.72. The Morgan fingerprint density at radius 3 is 2.69 bits per heavy atom. The van der Waals surface area contributed by atoms with E-state index >= 15 is 0 Å². The zero-order valence-corrected chi connectivity index (χ0v) is 17.7. The van der Waals surface area contributed by atoms with Gasteiger partial charge in [0.05, 0.1) is 6.54 Å². The van der Waals surface area contributed by atoms with Crippen molar-refractivity contribution < 1.29 is 18.7 Å². The minimum absolute atomic E-state index is 0.105. The summed E-state index contributed by atoms with van der Waals surface area (Å²) in [5, 5.41) is 4.03. The SMILES string of the molecule is CC(C)CN1C(=O)C2C=CC=CC2=[N+](Cc2nc(-c3ccc(Br)cc3)no2)C1=O. The Morgan fingerprint density at radius 2 is 1.97 bits per heavy atom. The molecule has 1 atom stereocenters. The van der Waals surface area contributed by atoms with E-state index in [1.165, 1.54) is 4.90 Å². The van der Waals surface area contributed by atoms with Gasteiger partial charge in [0.25, 0.3) is 5.89 Å². The van der Waals surface area contributed by atoms with Crippen LogP contribution in [0.15, 0.2) is 57.6 Å². The summed E-state index contributed by atoms with van der Waals surface area (Å²) < 4.78 is 7.90. The number of rotatable bonds is 5. The molecule has 1 aliphatic heterocycles. The number of allylic oxidation sites excluding steroid dienone is 3. The first-order chi connectivity index (χ1) is 13.9. The van der Waals surface area contributed by atoms with Crippen LogP contribution in [0.5, 0.6) is 0 Å². The van der Waals surface area contributed by atoms with Crippen LogP contribution in [0.1, 0.15) is 19.7 Å². The van der Waals surface area contributed by atoms with Gasteiger partial charge in [-0.15, -0.1) is 0 Å². The van der Waals surface area contributed by atoms with Crippen molar-refractivity contribution in [1.82, 2.24) is 15.0 Å². The topological polar surface area (TPSA) is 79.3 Å². The standard InChI is InChI=1S/C21H20BrN4O3/c1-13(2)11-26-20(27)16-5-3-4-6-17(16)25(21(26)28)12-18-23-19(24-29-18)14-7-9-15(22)10-8-14/h3-10,13,16H,11-12H2,1-2H3/q+1. The molecule has 0 saturated heterocycles. The maximum atomic E-state index is 13.1. The van der Waals surface area contributed by atoms with Gasteiger partial charge in [0.1, 0.15) is 11.6 Å². The van der Waals surface area contributed by atoms with Gasteiger partial charge in [0.15, 0.2) is 6.54 Å². The summed E-state index contributed by atoms with van der Waals surface area (Å²) in [7, 11) is 0. The van der Waals surface area contributed by atoms with Crippen molar-refractivity contribution in [3.05, 3.63) is 58.9 Å². The Bertz CT molecular complexity index is 1050. The zero-order chi connectivity index (χ0) is 20.5. The lowest BCUT2D eigenvalue weighted by Gasteiger charge is -2.27. The molecule has 1 aromatic carbocycles. The first kappa shape index (κ1) is 19.4. The molecule has 1 aromatic heterocycles. The van der Waals surface area contributed by atoms with E-state index in [1.54, 1.807) is 10.7 Å². The first-order valence-electron chi connectivity index (χ1n) is 9.37. The fourth-order valence-corrected chi connectivity index (χ4v) is 3.64. The molecule has 0 spiro atoms. The average Bonchev–Trinajstić information content (AvgIpc) is 3.17. The highest BCUT2D eigenvalue weighted by Crippen LogP contribution is 2.23. The van der Waals surface area contributed by atoms with Gasteiger partial charge in [-0.2, -0.15) is 19.3 Å². The lowest BCUT2D eigenvalue weighted by molar-refractivity contribution is -0.460. The molecular formula is C21H20BrN4O3+. The Morgan fingerprint density at radius 1 is 1.21 bits per heavy atom. The largest absolute Gasteiger partial charge is 0.501 e. The van der Waals surface area contributed by atoms with Crippen LogP contribution in [-0.4, -0.2) is 43.8 Å². The summed E-state index contributed by atoms with van der Waals surface area (Å²) in [5.74, 6) is 0.251. The number of halogens is 1. The predicted molar refractivity (Wildman–Crippen MR) is 110 cm³/mol. The molecular weight excluding hydrogens is 436 g/mol. The monoisotopic (exact) mass is 455 g/mol. The van der Waals surface area contributed by atoms with Crippen LogP contribution in [0.2, 0.25) is 0 Å². The van der Waals surface area contributed by atoms with Crippen molar-refractivity contribution in [3.63, 3.8) is 0 Å². The summed E-state index contributed by atoms with van der Waals surface area (Å²) in [4.78, 5) is 31.7. The van der Waals surface area contributed by atoms with Gasteiger partial charge in [-0.1, -0.05) is 53.2 Å². The molecule has 0 saturated carbocycles. The van der Waals surface area contributed by atoms with Crippen LogP contribution < -0.4 is 0 Å². The smallest absolute Gasteiger partial charge is 0.335 e. The minimum atomic E-state index is -0.481. The van der Waals surface area contributed by atoms with E-state index < -0.39 is 5.92 Å². The van der Waals surface area contributed by atoms with Crippen molar-refractivity contribution in [3.8, 4) is 11.4 Å². The van der Waals surface area contributed by atoms with E-state index in [4.69, 9.17) is 4.52 Å². The van der Waals surface area contributed by atoms with Gasteiger partial charge in [-0.3, -0.25) is 0 Å². The van der Waals surface area contributed by atoms with E-state index in [9.17, 15) is 9.59 Å². The van der Waals surface area contributed by atoms with Crippen LogP contribution in [0.3, 0.4) is 0 Å². The number of benzene rings is 1. The van der Waals surface area contributed by atoms with E-state index in [1.807, 2.05) is 56.3 Å². The lowest BCUT2D eigenvalue weighted by Crippen LogP contribution is -2.55. The quantitative estimate of drug-likeness (QED) is 0.640. The number of fused-ring (bicyclic) bond motifs is 1. The van der Waals surface area contributed by atoms with Gasteiger partial charge in [-0.05, 0) is 36.3 Å². The molecule has 148 valence electrons. The summed E-state index contributed by atoms with van der Waals surface area (Å²) in [6, 6.07) is 7.20. The molecule has 0 bridgehead atoms. The molecule has 2 aromatic rings. The second-order valence-electron chi connectivity index (χ2n) is 7.38. The van der Waals surface area contributed by atoms with Crippen molar-refractivity contribution in [2.75, 3.05) is 6.54 Å². The van der Waals surface area contributed by atoms with Crippen LogP contribution >= 0.6 is 15.9 Å². The number of amides is 3. The summed E-state index contributed by atoms with van der Waals surface area (Å²) in [6.45, 7) is 4.42. The number of nitrogens with zero attached hydrogens (tertiary/aromatic N) is 4. The molecule has 0 fully saturated rings. The molecule has 3 amide bonds. The maximum absolute atomic E-state index is 13.1. The number of imide groups is 1. The van der Waals surface area contributed by atoms with E-state index in [-0.39, 0.29) is 24.4 Å². The maximum Gasteiger partial charge on any atom is 0.501 e. The molecule has 8 heteroatoms. The number of hydrogen-bond acceptors (Lipinski definition) is 5. The van der Waals surface area contributed by atoms with E-state index in [0.29, 0.717) is 24.0 Å². The van der Waals surface area contributed by atoms with Crippen molar-refractivity contribution in [1.29, 1.82) is 0 Å². The Labute approximate surface area is 176 Å². The van der Waals surface area contributed by atoms with E-state index in [0.717, 1.165) is 10.0 Å². The molecule has 1 aliphatic carbocycles. The summed E-state index contributed by atoms with van der Waals surface area (Å²) in [5.41, 5.74) is 1.45. The highest BCUT2D eigenvalue weighted by atomic mass is 79.9. The Balaban J connectivity index is 1.66. The molecule has 0 N–H and O–H groups in total. The van der Waals surface area contributed by atoms with Crippen LogP contribution in [-0.2, 0) is 11.3 Å². The van der Waals surface area contributed by atoms with Gasteiger partial charge in [0.2, 0.25) is 5.82 Å². The zero-order valence-electron chi connectivity index (χ0n) is 16.1. The lowest BCUT2D eigenvalue weighted by atomic mass is 9.94. The van der Waals surface area contributed by atoms with Crippen LogP contribution in [0.25, 0.3) is 11.4 Å². The highest BCUT2D eigenvalue weighted by Gasteiger charge is 2.47. The Hall–Kier alpha value is -2.87. The summed E-state index contributed by atoms with van der Waals surface area (Å²) >= 11 is 3.40. The first-order valence-corrected chi connectivity index (χ1v) is 10.2. The number of aromatic nitrogens is 2. The number of urea groups is 1. The fraction of sp³-hybridized carbons (Fsp3) is 0.286. The number of hydrogen-bond donors (Lipinski definition) is 0. The molecule has 1 unspecified atom stereocenters. The van der Waals surface area contributed by atoms with E-state index in [2.05, 4.69) is 26.1 Å². The number of carbonyl (C=O) groups excluding carboxylic acids is 2. The third kappa shape index (κ3) is 3.85. The molecule has 0 radical (unpaired) electrons. The molecule has 29 heavy (non-hydrogen) atoms. The van der Waals surface area contributed by atoms with Crippen LogP contribution in [0.4, 0.5) is 4.79 Å². The van der Waals surface area contributed by atoms with Crippen molar-refractivity contribution in [2.45, 2.75) is 20.4 Å². The van der Waals surface area contributed by atoms with Gasteiger partial charge >= 0.3 is 11.9 Å². The normalized spacial score (nSPS) is 18.8. The molecule has 4 rings (SSSR count). The van der Waals surface area contributed by atoms with Crippen molar-refractivity contribution in [2.24, 2.45) is 11.8 Å². The van der Waals surface area contributed by atoms with Gasteiger partial charge < -0.3 is 4.52 Å². The van der Waals surface area contributed by atoms with Crippen molar-refractivity contribution >= 4 is 33.6 Å². The predicted octanol–water partition coefficient (Wildman–Crippen LogP) is 3.81. The minimum Gasteiger partial charge on any atom is -0.335 e. The number of carbonyl (C=O) groups is 2. The van der Waals surface area contributed by atoms with Gasteiger partial charge in [0, 0.05) is 10.0 Å². The molecule has 2 aliphatic rings.